The van der Waals surface area contributed by atoms with Gasteiger partial charge in [0.25, 0.3) is 0 Å². The smallest absolute Gasteiger partial charge is 0.0962 e. The largest absolute Gasteiger partial charge is 0.245 e. The lowest BCUT2D eigenvalue weighted by molar-refractivity contribution is 0.775. The van der Waals surface area contributed by atoms with Crippen molar-refractivity contribution in [1.82, 2.24) is 4.98 Å². The fourth-order valence-corrected chi connectivity index (χ4v) is 3.09. The maximum absolute atomic E-state index is 4.81. The normalized spacial score (nSPS) is 17.0. The Bertz CT molecular complexity index is 296. The van der Waals surface area contributed by atoms with Crippen LogP contribution in [0.2, 0.25) is 0 Å². The Morgan fingerprint density at radius 2 is 1.79 bits per heavy atom. The molecule has 2 rings (SSSR count). The topological polar surface area (TPSA) is 12.9 Å². The van der Waals surface area contributed by atoms with Crippen LogP contribution >= 0.6 is 11.3 Å². The zero-order chi connectivity index (χ0) is 10.3. The summed E-state index contributed by atoms with van der Waals surface area (Å²) in [5, 5.41) is 1.40. The molecule has 0 amide bonds. The monoisotopic (exact) mass is 209 g/mol. The highest BCUT2D eigenvalue weighted by Crippen LogP contribution is 2.44. The second-order valence-corrected chi connectivity index (χ2v) is 5.95. The highest BCUT2D eigenvalue weighted by Gasteiger charge is 2.29. The van der Waals surface area contributed by atoms with Gasteiger partial charge in [-0.2, -0.15) is 0 Å². The molecule has 14 heavy (non-hydrogen) atoms. The van der Waals surface area contributed by atoms with Crippen molar-refractivity contribution < 1.29 is 0 Å². The van der Waals surface area contributed by atoms with E-state index in [1.165, 1.54) is 28.4 Å². The summed E-state index contributed by atoms with van der Waals surface area (Å²) in [5.74, 6) is 2.03. The number of hydrogen-bond donors (Lipinski definition) is 0. The molecule has 1 aromatic heterocycles. The van der Waals surface area contributed by atoms with Gasteiger partial charge in [-0.1, -0.05) is 27.7 Å². The van der Waals surface area contributed by atoms with Gasteiger partial charge in [0, 0.05) is 10.8 Å². The van der Waals surface area contributed by atoms with Crippen LogP contribution in [0.25, 0.3) is 0 Å². The summed E-state index contributed by atoms with van der Waals surface area (Å²) in [6.45, 7) is 9.04. The molecule has 0 aromatic carbocycles. The lowest BCUT2D eigenvalue weighted by atomic mass is 10.0. The van der Waals surface area contributed by atoms with Crippen molar-refractivity contribution in [1.29, 1.82) is 0 Å². The Morgan fingerprint density at radius 3 is 2.14 bits per heavy atom. The molecule has 1 aromatic rings. The molecule has 0 unspecified atom stereocenters. The van der Waals surface area contributed by atoms with E-state index in [0.717, 1.165) is 5.92 Å². The van der Waals surface area contributed by atoms with Crippen molar-refractivity contribution in [3.63, 3.8) is 0 Å². The molecule has 0 atom stereocenters. The molecule has 0 radical (unpaired) electrons. The third-order valence-electron chi connectivity index (χ3n) is 2.70. The van der Waals surface area contributed by atoms with Crippen molar-refractivity contribution in [3.8, 4) is 0 Å². The number of rotatable bonds is 3. The number of nitrogens with zero attached hydrogens (tertiary/aromatic N) is 1. The molecule has 1 aliphatic rings. The number of hydrogen-bond acceptors (Lipinski definition) is 2. The van der Waals surface area contributed by atoms with Crippen LogP contribution in [-0.2, 0) is 0 Å². The van der Waals surface area contributed by atoms with Crippen LogP contribution in [-0.4, -0.2) is 4.98 Å². The van der Waals surface area contributed by atoms with Gasteiger partial charge in [0.1, 0.15) is 0 Å². The van der Waals surface area contributed by atoms with E-state index in [2.05, 4.69) is 27.7 Å². The third-order valence-corrected chi connectivity index (χ3v) is 4.23. The van der Waals surface area contributed by atoms with Gasteiger partial charge in [-0.15, -0.1) is 11.3 Å². The molecule has 0 N–H and O–H groups in total. The molecule has 1 aliphatic carbocycles. The van der Waals surface area contributed by atoms with Crippen molar-refractivity contribution in [2.75, 3.05) is 0 Å². The predicted molar refractivity (Wildman–Crippen MR) is 62.3 cm³/mol. The molecule has 1 heterocycles. The first kappa shape index (κ1) is 10.2. The van der Waals surface area contributed by atoms with E-state index in [0.29, 0.717) is 11.8 Å². The average molecular weight is 209 g/mol. The van der Waals surface area contributed by atoms with Crippen LogP contribution in [0.5, 0.6) is 0 Å². The lowest BCUT2D eigenvalue weighted by Gasteiger charge is -2.07. The van der Waals surface area contributed by atoms with Crippen molar-refractivity contribution in [3.05, 3.63) is 15.6 Å². The Labute approximate surface area is 90.6 Å². The Kier molecular flexibility index (Phi) is 2.65. The maximum Gasteiger partial charge on any atom is 0.0962 e. The molecule has 1 saturated carbocycles. The van der Waals surface area contributed by atoms with Gasteiger partial charge in [0.15, 0.2) is 0 Å². The van der Waals surface area contributed by atoms with Crippen LogP contribution < -0.4 is 0 Å². The third kappa shape index (κ3) is 1.85. The molecular formula is C12H19NS. The highest BCUT2D eigenvalue weighted by atomic mass is 32.1. The molecule has 1 nitrogen and oxygen atoms in total. The van der Waals surface area contributed by atoms with Gasteiger partial charge in [-0.3, -0.25) is 0 Å². The first-order valence-corrected chi connectivity index (χ1v) is 6.41. The number of thiazole rings is 1. The highest BCUT2D eigenvalue weighted by molar-refractivity contribution is 7.12. The summed E-state index contributed by atoms with van der Waals surface area (Å²) in [5.41, 5.74) is 1.35. The fraction of sp³-hybridized carbons (Fsp3) is 0.750. The SMILES string of the molecule is CC(C)c1nc(C2CC2)sc1C(C)C. The van der Waals surface area contributed by atoms with Crippen LogP contribution in [0.15, 0.2) is 0 Å². The fourth-order valence-electron chi connectivity index (χ4n) is 1.69. The summed E-state index contributed by atoms with van der Waals surface area (Å²) in [6, 6.07) is 0. The summed E-state index contributed by atoms with van der Waals surface area (Å²) in [7, 11) is 0. The minimum atomic E-state index is 0.580. The minimum Gasteiger partial charge on any atom is -0.245 e. The van der Waals surface area contributed by atoms with E-state index in [1.807, 2.05) is 11.3 Å². The zero-order valence-corrected chi connectivity index (χ0v) is 10.3. The first-order chi connectivity index (χ1) is 6.59. The molecule has 1 fully saturated rings. The summed E-state index contributed by atoms with van der Waals surface area (Å²) < 4.78 is 0. The van der Waals surface area contributed by atoms with Crippen LogP contribution in [0.3, 0.4) is 0 Å². The van der Waals surface area contributed by atoms with Crippen molar-refractivity contribution in [2.45, 2.75) is 58.3 Å². The Balaban J connectivity index is 2.34. The molecule has 0 saturated heterocycles. The van der Waals surface area contributed by atoms with E-state index >= 15 is 0 Å². The van der Waals surface area contributed by atoms with Gasteiger partial charge in [-0.25, -0.2) is 4.98 Å². The first-order valence-electron chi connectivity index (χ1n) is 5.60. The Morgan fingerprint density at radius 1 is 1.14 bits per heavy atom. The summed E-state index contributed by atoms with van der Waals surface area (Å²) in [4.78, 5) is 6.33. The van der Waals surface area contributed by atoms with Gasteiger partial charge in [-0.05, 0) is 24.7 Å². The molecule has 0 bridgehead atoms. The van der Waals surface area contributed by atoms with E-state index in [9.17, 15) is 0 Å². The van der Waals surface area contributed by atoms with Gasteiger partial charge < -0.3 is 0 Å². The Hall–Kier alpha value is -0.370. The zero-order valence-electron chi connectivity index (χ0n) is 9.50. The summed E-state index contributed by atoms with van der Waals surface area (Å²) in [6.07, 6.45) is 2.73. The van der Waals surface area contributed by atoms with E-state index in [1.54, 1.807) is 0 Å². The van der Waals surface area contributed by atoms with Gasteiger partial charge in [0.2, 0.25) is 0 Å². The molecule has 2 heteroatoms. The molecule has 78 valence electrons. The van der Waals surface area contributed by atoms with Gasteiger partial charge >= 0.3 is 0 Å². The second kappa shape index (κ2) is 3.65. The van der Waals surface area contributed by atoms with Gasteiger partial charge in [0.05, 0.1) is 10.7 Å². The molecular weight excluding hydrogens is 190 g/mol. The average Bonchev–Trinajstić information content (AvgIpc) is 2.83. The van der Waals surface area contributed by atoms with Crippen molar-refractivity contribution >= 4 is 11.3 Å². The van der Waals surface area contributed by atoms with Crippen LogP contribution in [0.4, 0.5) is 0 Å². The number of aromatic nitrogens is 1. The standard InChI is InChI=1S/C12H19NS/c1-7(2)10-11(8(3)4)14-12(13-10)9-5-6-9/h7-9H,5-6H2,1-4H3. The van der Waals surface area contributed by atoms with Crippen molar-refractivity contribution in [2.24, 2.45) is 0 Å². The summed E-state index contributed by atoms with van der Waals surface area (Å²) >= 11 is 1.96. The van der Waals surface area contributed by atoms with Crippen LogP contribution in [0, 0.1) is 0 Å². The van der Waals surface area contributed by atoms with Crippen LogP contribution in [0.1, 0.15) is 73.9 Å². The van der Waals surface area contributed by atoms with E-state index in [-0.39, 0.29) is 0 Å². The maximum atomic E-state index is 4.81. The molecule has 0 aliphatic heterocycles. The predicted octanol–water partition coefficient (Wildman–Crippen LogP) is 4.27. The quantitative estimate of drug-likeness (QED) is 0.724. The lowest BCUT2D eigenvalue weighted by Crippen LogP contribution is -1.95. The van der Waals surface area contributed by atoms with E-state index < -0.39 is 0 Å². The molecule has 0 spiro atoms. The second-order valence-electron chi connectivity index (χ2n) is 4.89. The minimum absolute atomic E-state index is 0.580. The van der Waals surface area contributed by atoms with E-state index in [4.69, 9.17) is 4.98 Å².